The smallest absolute Gasteiger partial charge is 0.252 e. The molecule has 0 aliphatic rings. The van der Waals surface area contributed by atoms with E-state index in [-0.39, 0.29) is 5.56 Å². The first-order valence-electron chi connectivity index (χ1n) is 5.38. The molecule has 102 valence electrons. The number of aromatic amines is 1. The van der Waals surface area contributed by atoms with Crippen LogP contribution in [0.3, 0.4) is 0 Å². The molecule has 0 fully saturated rings. The summed E-state index contributed by atoms with van der Waals surface area (Å²) in [6, 6.07) is 1.32. The van der Waals surface area contributed by atoms with Crippen molar-refractivity contribution in [2.24, 2.45) is 0 Å². The Hall–Kier alpha value is -1.41. The molecule has 1 aromatic heterocycles. The van der Waals surface area contributed by atoms with Crippen LogP contribution in [0.15, 0.2) is 10.9 Å². The van der Waals surface area contributed by atoms with E-state index in [2.05, 4.69) is 20.0 Å². The second kappa shape index (κ2) is 5.07. The first-order valence-corrected chi connectivity index (χ1v) is 7.27. The molecule has 3 N–H and O–H groups in total. The second-order valence-corrected chi connectivity index (χ2v) is 6.58. The van der Waals surface area contributed by atoms with Gasteiger partial charge in [-0.05, 0) is 20.8 Å². The molecule has 8 heteroatoms. The number of aromatic nitrogens is 2. The van der Waals surface area contributed by atoms with E-state index in [4.69, 9.17) is 0 Å². The largest absolute Gasteiger partial charge is 0.368 e. The first kappa shape index (κ1) is 14.7. The Balaban J connectivity index is 2.72. The highest BCUT2D eigenvalue weighted by Crippen LogP contribution is 2.06. The van der Waals surface area contributed by atoms with Crippen molar-refractivity contribution in [2.75, 3.05) is 18.1 Å². The lowest BCUT2D eigenvalue weighted by Crippen LogP contribution is -2.47. The van der Waals surface area contributed by atoms with E-state index in [9.17, 15) is 13.2 Å². The van der Waals surface area contributed by atoms with Crippen LogP contribution in [0.5, 0.6) is 0 Å². The van der Waals surface area contributed by atoms with Crippen molar-refractivity contribution in [3.8, 4) is 0 Å². The van der Waals surface area contributed by atoms with Crippen LogP contribution in [-0.4, -0.2) is 36.7 Å². The van der Waals surface area contributed by atoms with Gasteiger partial charge in [-0.15, -0.1) is 0 Å². The highest BCUT2D eigenvalue weighted by atomic mass is 32.2. The SMILES string of the molecule is Cc1nc(NCC(C)(C)NS(C)(=O)=O)cc(=O)[nH]1. The van der Waals surface area contributed by atoms with Gasteiger partial charge in [0.1, 0.15) is 11.6 Å². The lowest BCUT2D eigenvalue weighted by Gasteiger charge is -2.25. The zero-order chi connectivity index (χ0) is 14.0. The number of hydrogen-bond acceptors (Lipinski definition) is 5. The fourth-order valence-electron chi connectivity index (χ4n) is 1.52. The molecule has 0 aliphatic heterocycles. The highest BCUT2D eigenvalue weighted by molar-refractivity contribution is 7.88. The number of H-pyrrole nitrogens is 1. The van der Waals surface area contributed by atoms with Gasteiger partial charge in [0.15, 0.2) is 0 Å². The molecule has 1 heterocycles. The molecule has 0 bridgehead atoms. The second-order valence-electron chi connectivity index (χ2n) is 4.83. The summed E-state index contributed by atoms with van der Waals surface area (Å²) in [4.78, 5) is 17.8. The maximum absolute atomic E-state index is 11.2. The summed E-state index contributed by atoms with van der Waals surface area (Å²) in [7, 11) is -3.28. The van der Waals surface area contributed by atoms with Crippen molar-refractivity contribution in [3.63, 3.8) is 0 Å². The number of hydrogen-bond donors (Lipinski definition) is 3. The minimum Gasteiger partial charge on any atom is -0.368 e. The lowest BCUT2D eigenvalue weighted by molar-refractivity contribution is 0.475. The minimum atomic E-state index is -3.28. The molecule has 0 saturated carbocycles. The summed E-state index contributed by atoms with van der Waals surface area (Å²) in [6.07, 6.45) is 1.10. The summed E-state index contributed by atoms with van der Waals surface area (Å²) in [5, 5.41) is 2.93. The van der Waals surface area contributed by atoms with E-state index in [1.165, 1.54) is 6.07 Å². The van der Waals surface area contributed by atoms with E-state index in [1.807, 2.05) is 0 Å². The van der Waals surface area contributed by atoms with Crippen LogP contribution in [0.4, 0.5) is 5.82 Å². The summed E-state index contributed by atoms with van der Waals surface area (Å²) in [5.74, 6) is 0.915. The molecule has 7 nitrogen and oxygen atoms in total. The number of nitrogens with zero attached hydrogens (tertiary/aromatic N) is 1. The molecular formula is C10H18N4O3S. The van der Waals surface area contributed by atoms with Gasteiger partial charge in [-0.1, -0.05) is 0 Å². The molecule has 1 aromatic rings. The van der Waals surface area contributed by atoms with Crippen LogP contribution in [0.2, 0.25) is 0 Å². The molecule has 0 aliphatic carbocycles. The van der Waals surface area contributed by atoms with Crippen LogP contribution in [-0.2, 0) is 10.0 Å². The van der Waals surface area contributed by atoms with Crippen molar-refractivity contribution >= 4 is 15.8 Å². The van der Waals surface area contributed by atoms with Gasteiger partial charge in [0.2, 0.25) is 10.0 Å². The van der Waals surface area contributed by atoms with Crippen LogP contribution >= 0.6 is 0 Å². The van der Waals surface area contributed by atoms with Crippen molar-refractivity contribution in [2.45, 2.75) is 26.3 Å². The predicted molar refractivity (Wildman–Crippen MR) is 70.1 cm³/mol. The van der Waals surface area contributed by atoms with Gasteiger partial charge in [-0.3, -0.25) is 4.79 Å². The number of sulfonamides is 1. The molecule has 0 spiro atoms. The van der Waals surface area contributed by atoms with Gasteiger partial charge in [-0.25, -0.2) is 18.1 Å². The van der Waals surface area contributed by atoms with Crippen molar-refractivity contribution in [1.82, 2.24) is 14.7 Å². The molecule has 0 radical (unpaired) electrons. The van der Waals surface area contributed by atoms with Gasteiger partial charge in [0.05, 0.1) is 6.26 Å². The average molecular weight is 274 g/mol. The van der Waals surface area contributed by atoms with E-state index < -0.39 is 15.6 Å². The third-order valence-corrected chi connectivity index (χ3v) is 2.96. The molecule has 0 amide bonds. The van der Waals surface area contributed by atoms with Crippen molar-refractivity contribution in [1.29, 1.82) is 0 Å². The molecule has 18 heavy (non-hydrogen) atoms. The molecule has 0 saturated heterocycles. The Labute approximate surface area is 106 Å². The predicted octanol–water partition coefficient (Wildman–Crippen LogP) is -0.182. The number of nitrogens with one attached hydrogen (secondary N) is 3. The Morgan fingerprint density at radius 2 is 2.06 bits per heavy atom. The van der Waals surface area contributed by atoms with Crippen LogP contribution in [0, 0.1) is 6.92 Å². The highest BCUT2D eigenvalue weighted by Gasteiger charge is 2.21. The summed E-state index contributed by atoms with van der Waals surface area (Å²) >= 11 is 0. The van der Waals surface area contributed by atoms with E-state index >= 15 is 0 Å². The average Bonchev–Trinajstić information content (AvgIpc) is 2.09. The van der Waals surface area contributed by atoms with Crippen LogP contribution in [0.1, 0.15) is 19.7 Å². The molecule has 0 atom stereocenters. The van der Waals surface area contributed by atoms with Crippen molar-refractivity contribution < 1.29 is 8.42 Å². The number of aryl methyl sites for hydroxylation is 1. The van der Waals surface area contributed by atoms with E-state index in [0.29, 0.717) is 18.2 Å². The maximum atomic E-state index is 11.2. The number of anilines is 1. The third kappa shape index (κ3) is 5.28. The van der Waals surface area contributed by atoms with Crippen LogP contribution < -0.4 is 15.6 Å². The Morgan fingerprint density at radius 3 is 2.56 bits per heavy atom. The third-order valence-electron chi connectivity index (χ3n) is 2.03. The first-order chi connectivity index (χ1) is 8.07. The van der Waals surface area contributed by atoms with Gasteiger partial charge in [0.25, 0.3) is 5.56 Å². The topological polar surface area (TPSA) is 104 Å². The molecular weight excluding hydrogens is 256 g/mol. The van der Waals surface area contributed by atoms with Crippen LogP contribution in [0.25, 0.3) is 0 Å². The Morgan fingerprint density at radius 1 is 1.44 bits per heavy atom. The zero-order valence-corrected chi connectivity index (χ0v) is 11.7. The minimum absolute atomic E-state index is 0.251. The Bertz CT molecular complexity index is 577. The van der Waals surface area contributed by atoms with Gasteiger partial charge < -0.3 is 10.3 Å². The van der Waals surface area contributed by atoms with Crippen molar-refractivity contribution in [3.05, 3.63) is 22.2 Å². The zero-order valence-electron chi connectivity index (χ0n) is 10.9. The standard InChI is InChI=1S/C10H18N4O3S/c1-7-12-8(5-9(15)13-7)11-6-10(2,3)14-18(4,16)17/h5,14H,6H2,1-4H3,(H2,11,12,13,15). The summed E-state index contributed by atoms with van der Waals surface area (Å²) in [6.45, 7) is 5.46. The maximum Gasteiger partial charge on any atom is 0.252 e. The number of rotatable bonds is 5. The normalized spacial score (nSPS) is 12.4. The fraction of sp³-hybridized carbons (Fsp3) is 0.600. The van der Waals surface area contributed by atoms with Gasteiger partial charge in [0, 0.05) is 18.2 Å². The molecule has 1 rings (SSSR count). The summed E-state index contributed by atoms with van der Waals surface area (Å²) < 4.78 is 24.8. The van der Waals surface area contributed by atoms with Gasteiger partial charge in [-0.2, -0.15) is 0 Å². The molecule has 0 aromatic carbocycles. The van der Waals surface area contributed by atoms with E-state index in [1.54, 1.807) is 20.8 Å². The monoisotopic (exact) mass is 274 g/mol. The van der Waals surface area contributed by atoms with Gasteiger partial charge >= 0.3 is 0 Å². The fourth-order valence-corrected chi connectivity index (χ4v) is 2.60. The molecule has 0 unspecified atom stereocenters. The quantitative estimate of drug-likeness (QED) is 0.691. The summed E-state index contributed by atoms with van der Waals surface area (Å²) in [5.41, 5.74) is -0.926. The Kier molecular flexibility index (Phi) is 4.12. The lowest BCUT2D eigenvalue weighted by atomic mass is 10.1. The van der Waals surface area contributed by atoms with E-state index in [0.717, 1.165) is 6.26 Å².